The fourth-order valence-electron chi connectivity index (χ4n) is 18.1. The van der Waals surface area contributed by atoms with E-state index in [0.717, 1.165) is 208 Å². The highest BCUT2D eigenvalue weighted by Gasteiger charge is 2.30. The monoisotopic (exact) mass is 1910 g/mol. The number of imidazole rings is 1. The van der Waals surface area contributed by atoms with Crippen LogP contribution in [0.1, 0.15) is 209 Å². The zero-order valence-electron chi connectivity index (χ0n) is 78.9. The number of aryl methyl sites for hydroxylation is 4. The molecule has 0 saturated heterocycles. The van der Waals surface area contributed by atoms with Crippen LogP contribution in [0.3, 0.4) is 0 Å². The Morgan fingerprint density at radius 1 is 0.407 bits per heavy atom. The lowest BCUT2D eigenvalue weighted by molar-refractivity contribution is 0.0235. The molecule has 0 spiro atoms. The molecule has 1 fully saturated rings. The van der Waals surface area contributed by atoms with E-state index in [-0.39, 0.29) is 40.8 Å². The van der Waals surface area contributed by atoms with Crippen molar-refractivity contribution >= 4 is 166 Å². The zero-order chi connectivity index (χ0) is 96.4. The molecule has 15 aromatic rings. The first-order valence-corrected chi connectivity index (χ1v) is 48.4. The largest absolute Gasteiger partial charge is 0.498 e. The van der Waals surface area contributed by atoms with Crippen LogP contribution in [0.4, 0.5) is 86.5 Å². The first kappa shape index (κ1) is 93.0. The summed E-state index contributed by atoms with van der Waals surface area (Å²) >= 11 is 1.57. The molecule has 0 amide bonds. The first-order valence-electron chi connectivity index (χ1n) is 47.5. The summed E-state index contributed by atoms with van der Waals surface area (Å²) in [4.78, 5) is 112. The molecule has 24 rings (SSSR count). The Labute approximate surface area is 807 Å². The summed E-state index contributed by atoms with van der Waals surface area (Å²) in [6.07, 6.45) is 42.4. The van der Waals surface area contributed by atoms with Gasteiger partial charge in [-0.2, -0.15) is 57.7 Å². The van der Waals surface area contributed by atoms with E-state index >= 15 is 0 Å². The Kier molecular flexibility index (Phi) is 27.8. The van der Waals surface area contributed by atoms with Crippen molar-refractivity contribution in [3.05, 3.63) is 196 Å². The summed E-state index contributed by atoms with van der Waals surface area (Å²) in [5.74, 6) is 11.9. The van der Waals surface area contributed by atoms with Gasteiger partial charge in [0, 0.05) is 210 Å². The van der Waals surface area contributed by atoms with Crippen LogP contribution in [0, 0.1) is 0 Å². The molecule has 13 N–H and O–H groups in total. The lowest BCUT2D eigenvalue weighted by atomic mass is 9.93. The minimum absolute atomic E-state index is 0.0351. The highest BCUT2D eigenvalue weighted by Crippen LogP contribution is 2.35. The topological polar surface area (TPSA) is 494 Å². The van der Waals surface area contributed by atoms with Crippen LogP contribution < -0.4 is 69.1 Å². The minimum atomic E-state index is 0.0351. The molecule has 0 radical (unpaired) electrons. The number of anilines is 15. The van der Waals surface area contributed by atoms with Gasteiger partial charge < -0.3 is 87.7 Å². The number of hydrogen-bond acceptors (Lipinski definition) is 36. The maximum atomic E-state index is 12.5. The van der Waals surface area contributed by atoms with Crippen LogP contribution >= 0.6 is 11.3 Å². The summed E-state index contributed by atoms with van der Waals surface area (Å²) < 4.78 is 25.8. The highest BCUT2D eigenvalue weighted by molar-refractivity contribution is 7.13. The summed E-state index contributed by atoms with van der Waals surface area (Å²) in [6, 6.07) is 13.7. The molecular weight excluding hydrogens is 1800 g/mol. The summed E-state index contributed by atoms with van der Waals surface area (Å²) in [5.41, 5.74) is 12.1. The van der Waals surface area contributed by atoms with Gasteiger partial charge >= 0.3 is 0 Å². The van der Waals surface area contributed by atoms with E-state index in [2.05, 4.69) is 174 Å². The molecule has 21 heterocycles. The van der Waals surface area contributed by atoms with Crippen molar-refractivity contribution < 1.29 is 38.2 Å². The molecular formula is C96H111N35O8S. The molecule has 24 bridgehead atoms. The standard InChI is InChI=1S/C17H23N5O2.C16H19N7O.2C16H18N6O.C16H17N5O2.C15H16N6OS/c1-18-16-9-15-20-11-4-2-5-12(8-11)24-7-3-6-14(23)13-10-19-22(16)17(13)21-15;1-17-15-7-12-19-13-9-22(2)14(20-13)6-4-3-5-11(24)10-8-18-23(15)16(10)21-12;1-17-15-8-14-20-11-5-4-10(7-11)18-6-2-3-13(23)12-9-19-22(15)16(12)21-14;1-17-15-8-14-19-11-5-7-21(10-11)6-3-2-4-13(23)12-9-18-22(15)16(12)20-14;1-17-15-8-14-19-10-4-5-11(7-10)23-6-2-3-13(22)12-9-18-21(15)16(12)20-14;1-16-13-6-12-19-14-10(7-17-21(13)14)11(22)5-3-2-4-9-8-23-15(18-9)20-12/h9-12,18H,2-8H2,1H3,(H,20,21);7-9,17H,3-6H2,1-2H3,(H,19,21);5,7-9,17-18H,2-4,6H2,1H3,(H,20,21);5,7-10,17H,2-4,6H2,1H3,(H,19,20);4,7-9,17H,2-3,5-6H2,1H3,(H,19,20);6-8,16H,2-5H2,1H3,(H,18,19,20). The quantitative estimate of drug-likeness (QED) is 0.0735. The average Bonchev–Trinajstić information content (AvgIpc) is 1.65. The van der Waals surface area contributed by atoms with E-state index in [1.54, 1.807) is 75.6 Å². The fraction of sp³-hybridized carbons (Fsp3) is 0.375. The third-order valence-electron chi connectivity index (χ3n) is 25.3. The van der Waals surface area contributed by atoms with Gasteiger partial charge in [-0.25, -0.2) is 39.9 Å². The smallest absolute Gasteiger partial charge is 0.188 e. The number of nitrogens with zero attached hydrogens (tertiary/aromatic N) is 22. The summed E-state index contributed by atoms with van der Waals surface area (Å²) in [5, 5.41) is 70.6. The molecule has 1 saturated carbocycles. The molecule has 724 valence electrons. The molecule has 3 aliphatic carbocycles. The van der Waals surface area contributed by atoms with Crippen molar-refractivity contribution in [3.63, 3.8) is 0 Å². The van der Waals surface area contributed by atoms with Gasteiger partial charge in [0.1, 0.15) is 87.2 Å². The van der Waals surface area contributed by atoms with Crippen molar-refractivity contribution in [1.82, 2.24) is 112 Å². The zero-order valence-corrected chi connectivity index (χ0v) is 79.7. The summed E-state index contributed by atoms with van der Waals surface area (Å²) in [6.45, 7) is 2.87. The minimum Gasteiger partial charge on any atom is -0.498 e. The summed E-state index contributed by atoms with van der Waals surface area (Å²) in [7, 11) is 12.9. The van der Waals surface area contributed by atoms with Crippen LogP contribution in [0.25, 0.3) is 33.9 Å². The predicted molar refractivity (Wildman–Crippen MR) is 536 cm³/mol. The van der Waals surface area contributed by atoms with Crippen molar-refractivity contribution in [2.75, 3.05) is 126 Å². The molecule has 2 unspecified atom stereocenters. The van der Waals surface area contributed by atoms with E-state index < -0.39 is 0 Å². The lowest BCUT2D eigenvalue weighted by Gasteiger charge is -2.30. The molecule has 44 heteroatoms. The number of allylic oxidation sites excluding steroid dienone is 4. The maximum absolute atomic E-state index is 12.5. The molecule has 9 aliphatic rings. The van der Waals surface area contributed by atoms with Gasteiger partial charge in [0.25, 0.3) is 0 Å². The Balaban J connectivity index is 0.000000107. The van der Waals surface area contributed by atoms with Gasteiger partial charge in [0.2, 0.25) is 0 Å². The second-order valence-electron chi connectivity index (χ2n) is 35.0. The molecule has 15 aromatic heterocycles. The van der Waals surface area contributed by atoms with Gasteiger partial charge in [0.05, 0.1) is 94.7 Å². The van der Waals surface area contributed by atoms with Crippen LogP contribution in [-0.2, 0) is 35.9 Å². The predicted octanol–water partition coefficient (Wildman–Crippen LogP) is 14.5. The molecule has 43 nitrogen and oxygen atoms in total. The molecule has 0 aromatic carbocycles. The van der Waals surface area contributed by atoms with Gasteiger partial charge in [-0.05, 0) is 108 Å². The van der Waals surface area contributed by atoms with E-state index in [1.165, 1.54) is 0 Å². The number of fused-ring (bicyclic) bond motifs is 16. The van der Waals surface area contributed by atoms with Crippen LogP contribution in [0.2, 0.25) is 0 Å². The first-order chi connectivity index (χ1) is 68.4. The number of ketones is 6. The van der Waals surface area contributed by atoms with Crippen LogP contribution in [0.5, 0.6) is 0 Å². The Morgan fingerprint density at radius 3 is 1.35 bits per heavy atom. The van der Waals surface area contributed by atoms with Gasteiger partial charge in [-0.1, -0.05) is 12.2 Å². The highest BCUT2D eigenvalue weighted by atomic mass is 32.1. The van der Waals surface area contributed by atoms with E-state index in [0.29, 0.717) is 161 Å². The SMILES string of the molecule is CNc1cc2nc3c(cnn13)C(=O)CCCCc1csc(n1)N2.CNc1cc2nc3c(cnn13)C(=O)CCCCc1nc(cn1C)N2.CNc1cc2nc3c(cnn13)C(=O)CCCCn1ccc(c1)N2.CNc1cc2nc3c(cnn13)C(=O)CCCNC1=CC(=CC1)N2.CNc1cc2nc3c(cnn13)C(=O)CCCOC1=CC(=CC1)N2.CNc1cc2nc3c(cnn13)C(=O)CCCOC1CCCC(C1)N2. The van der Waals surface area contributed by atoms with Gasteiger partial charge in [-0.15, -0.1) is 11.3 Å². The number of nitrogens with one attached hydrogen (secondary N) is 13. The number of aromatic nitrogens is 22. The third-order valence-corrected chi connectivity index (χ3v) is 26.1. The van der Waals surface area contributed by atoms with Gasteiger partial charge in [-0.3, -0.25) is 28.8 Å². The second kappa shape index (κ2) is 41.9. The van der Waals surface area contributed by atoms with Crippen molar-refractivity contribution in [1.29, 1.82) is 0 Å². The van der Waals surface area contributed by atoms with E-state index in [4.69, 9.17) is 9.47 Å². The van der Waals surface area contributed by atoms with Crippen molar-refractivity contribution in [2.45, 2.75) is 166 Å². The van der Waals surface area contributed by atoms with Crippen molar-refractivity contribution in [2.24, 2.45) is 7.05 Å². The molecule has 140 heavy (non-hydrogen) atoms. The molecule has 2 atom stereocenters. The Morgan fingerprint density at radius 2 is 0.836 bits per heavy atom. The van der Waals surface area contributed by atoms with E-state index in [9.17, 15) is 28.8 Å². The number of thiazole rings is 1. The maximum Gasteiger partial charge on any atom is 0.188 e. The number of ether oxygens (including phenoxy) is 2. The van der Waals surface area contributed by atoms with E-state index in [1.807, 2.05) is 115 Å². The normalized spacial score (nSPS) is 17.4. The van der Waals surface area contributed by atoms with Crippen molar-refractivity contribution in [3.8, 4) is 0 Å². The van der Waals surface area contributed by atoms with Gasteiger partial charge in [0.15, 0.2) is 73.7 Å². The number of Topliss-reactive ketones (excluding diaryl/α,β-unsaturated/α-hetero) is 6. The number of carbonyl (C=O) groups is 6. The number of carbonyl (C=O) groups excluding carboxylic acids is 6. The third kappa shape index (κ3) is 20.7. The Bertz CT molecular complexity index is 7070. The van der Waals surface area contributed by atoms with Crippen LogP contribution in [-0.4, -0.2) is 216 Å². The fourth-order valence-corrected chi connectivity index (χ4v) is 18.8. The van der Waals surface area contributed by atoms with Crippen LogP contribution in [0.15, 0.2) is 151 Å². The molecule has 6 aliphatic heterocycles. The number of hydrogen-bond donors (Lipinski definition) is 13. The number of rotatable bonds is 6. The average molecular weight is 1920 g/mol. The Hall–Kier alpha value is -16.0. The second-order valence-corrected chi connectivity index (χ2v) is 35.8. The lowest BCUT2D eigenvalue weighted by Crippen LogP contribution is -2.32.